The number of Topliss-reactive ketones (excluding diaryl/α,β-unsaturated/α-hetero) is 1. The lowest BCUT2D eigenvalue weighted by Crippen LogP contribution is -2.49. The van der Waals surface area contributed by atoms with Crippen molar-refractivity contribution in [1.29, 1.82) is 0 Å². The van der Waals surface area contributed by atoms with E-state index in [2.05, 4.69) is 46.1 Å². The van der Waals surface area contributed by atoms with Gasteiger partial charge in [0.05, 0.1) is 11.7 Å². The Hall–Kier alpha value is -3.89. The molecule has 0 spiro atoms. The van der Waals surface area contributed by atoms with Crippen LogP contribution in [0.3, 0.4) is 0 Å². The molecule has 1 aliphatic heterocycles. The molecule has 2 fully saturated rings. The fourth-order valence-corrected chi connectivity index (χ4v) is 4.99. The van der Waals surface area contributed by atoms with Crippen molar-refractivity contribution in [2.24, 2.45) is 11.3 Å². The Kier molecular flexibility index (Phi) is 6.85. The van der Waals surface area contributed by atoms with Gasteiger partial charge in [0.2, 0.25) is 17.7 Å². The number of nitrogens with one attached hydrogen (secondary N) is 1. The molecular formula is C27H33N7O4. The summed E-state index contributed by atoms with van der Waals surface area (Å²) in [4.78, 5) is 53.1. The molecule has 2 aliphatic rings. The standard InChI is InChI=1S/C27H33N7O4/c1-16(35)25-18-12-23(38-15-22-28-7-5-8-29-22)31-13-21(18)33(32-25)14-24(36)34-19-10-17(19)11-20(34)26(37)30-9-6-27(2,3)4/h5,7-8,12-13,17,19-20H,6,9-11,14-15H2,1-4H3,(H,30,37)/t17-,19-,20+/m1/s1. The van der Waals surface area contributed by atoms with E-state index in [1.165, 1.54) is 11.6 Å². The lowest BCUT2D eigenvalue weighted by molar-refractivity contribution is -0.140. The molecule has 0 bridgehead atoms. The van der Waals surface area contributed by atoms with E-state index in [0.717, 1.165) is 12.8 Å². The average Bonchev–Trinajstić information content (AvgIpc) is 3.38. The summed E-state index contributed by atoms with van der Waals surface area (Å²) in [5, 5.41) is 8.01. The zero-order chi connectivity index (χ0) is 27.0. The zero-order valence-corrected chi connectivity index (χ0v) is 22.2. The highest BCUT2D eigenvalue weighted by Gasteiger charge is 2.55. The summed E-state index contributed by atoms with van der Waals surface area (Å²) < 4.78 is 7.21. The summed E-state index contributed by atoms with van der Waals surface area (Å²) in [5.74, 6) is 0.648. The molecule has 3 aromatic rings. The number of ketones is 1. The maximum Gasteiger partial charge on any atom is 0.245 e. The molecule has 1 saturated carbocycles. The van der Waals surface area contributed by atoms with Crippen LogP contribution < -0.4 is 10.1 Å². The molecule has 38 heavy (non-hydrogen) atoms. The minimum absolute atomic E-state index is 0.0848. The van der Waals surface area contributed by atoms with Crippen molar-refractivity contribution in [3.05, 3.63) is 42.2 Å². The second-order valence-corrected chi connectivity index (χ2v) is 11.3. The molecule has 200 valence electrons. The Balaban J connectivity index is 1.31. The van der Waals surface area contributed by atoms with Gasteiger partial charge in [-0.15, -0.1) is 0 Å². The lowest BCUT2D eigenvalue weighted by Gasteiger charge is -2.27. The predicted molar refractivity (Wildman–Crippen MR) is 138 cm³/mol. The van der Waals surface area contributed by atoms with Gasteiger partial charge in [0.15, 0.2) is 11.6 Å². The van der Waals surface area contributed by atoms with Gasteiger partial charge in [-0.05, 0) is 36.7 Å². The number of rotatable bonds is 9. The van der Waals surface area contributed by atoms with Crippen molar-refractivity contribution in [2.75, 3.05) is 6.54 Å². The molecule has 2 amide bonds. The Labute approximate surface area is 221 Å². The van der Waals surface area contributed by atoms with E-state index in [1.54, 1.807) is 35.6 Å². The zero-order valence-electron chi connectivity index (χ0n) is 22.2. The molecule has 1 N–H and O–H groups in total. The highest BCUT2D eigenvalue weighted by atomic mass is 16.5. The molecular weight excluding hydrogens is 486 g/mol. The van der Waals surface area contributed by atoms with Crippen LogP contribution >= 0.6 is 0 Å². The summed E-state index contributed by atoms with van der Waals surface area (Å²) in [6.07, 6.45) is 7.26. The average molecular weight is 520 g/mol. The van der Waals surface area contributed by atoms with E-state index in [4.69, 9.17) is 4.74 Å². The number of piperidine rings is 1. The number of ether oxygens (including phenoxy) is 1. The summed E-state index contributed by atoms with van der Waals surface area (Å²) in [6, 6.07) is 2.98. The number of likely N-dealkylation sites (tertiary alicyclic amines) is 1. The Morgan fingerprint density at radius 1 is 1.13 bits per heavy atom. The first-order chi connectivity index (χ1) is 18.1. The van der Waals surface area contributed by atoms with Crippen molar-refractivity contribution in [3.63, 3.8) is 0 Å². The van der Waals surface area contributed by atoms with Crippen LogP contribution in [0.2, 0.25) is 0 Å². The Morgan fingerprint density at radius 3 is 2.61 bits per heavy atom. The molecule has 3 aromatic heterocycles. The fraction of sp³-hybridized carbons (Fsp3) is 0.519. The number of carbonyl (C=O) groups excluding carboxylic acids is 3. The minimum Gasteiger partial charge on any atom is -0.469 e. The van der Waals surface area contributed by atoms with Gasteiger partial charge < -0.3 is 15.0 Å². The van der Waals surface area contributed by atoms with Gasteiger partial charge in [-0.1, -0.05) is 20.8 Å². The summed E-state index contributed by atoms with van der Waals surface area (Å²) >= 11 is 0. The molecule has 1 aliphatic carbocycles. The number of hydrogen-bond acceptors (Lipinski definition) is 8. The normalized spacial score (nSPS) is 20.3. The van der Waals surface area contributed by atoms with Crippen LogP contribution in [0.4, 0.5) is 0 Å². The van der Waals surface area contributed by atoms with Crippen molar-refractivity contribution < 1.29 is 19.1 Å². The first-order valence-electron chi connectivity index (χ1n) is 13.0. The number of fused-ring (bicyclic) bond motifs is 2. The summed E-state index contributed by atoms with van der Waals surface area (Å²) in [6.45, 7) is 8.44. The third-order valence-electron chi connectivity index (χ3n) is 7.07. The Morgan fingerprint density at radius 2 is 1.89 bits per heavy atom. The van der Waals surface area contributed by atoms with Gasteiger partial charge in [-0.2, -0.15) is 5.10 Å². The van der Waals surface area contributed by atoms with Gasteiger partial charge in [-0.25, -0.2) is 15.0 Å². The molecule has 4 heterocycles. The van der Waals surface area contributed by atoms with Gasteiger partial charge in [0.25, 0.3) is 0 Å². The number of amides is 2. The maximum atomic E-state index is 13.5. The number of hydrogen-bond donors (Lipinski definition) is 1. The highest BCUT2D eigenvalue weighted by Crippen LogP contribution is 2.48. The quantitative estimate of drug-likeness (QED) is 0.427. The van der Waals surface area contributed by atoms with Gasteiger partial charge in [0, 0.05) is 43.4 Å². The first-order valence-corrected chi connectivity index (χ1v) is 13.0. The van der Waals surface area contributed by atoms with Crippen LogP contribution in [-0.2, 0) is 22.7 Å². The van der Waals surface area contributed by atoms with Crippen LogP contribution in [0.25, 0.3) is 10.9 Å². The van der Waals surface area contributed by atoms with Crippen LogP contribution in [0, 0.1) is 11.3 Å². The maximum absolute atomic E-state index is 13.5. The van der Waals surface area contributed by atoms with E-state index in [-0.39, 0.29) is 47.9 Å². The predicted octanol–water partition coefficient (Wildman–Crippen LogP) is 2.54. The second-order valence-electron chi connectivity index (χ2n) is 11.3. The van der Waals surface area contributed by atoms with E-state index in [1.807, 2.05) is 0 Å². The van der Waals surface area contributed by atoms with Crippen molar-refractivity contribution >= 4 is 28.5 Å². The van der Waals surface area contributed by atoms with E-state index in [9.17, 15) is 14.4 Å². The van der Waals surface area contributed by atoms with E-state index >= 15 is 0 Å². The van der Waals surface area contributed by atoms with Gasteiger partial charge >= 0.3 is 0 Å². The molecule has 3 atom stereocenters. The molecule has 1 saturated heterocycles. The number of aromatic nitrogens is 5. The van der Waals surface area contributed by atoms with Crippen LogP contribution in [-0.4, -0.2) is 65.9 Å². The van der Waals surface area contributed by atoms with E-state index < -0.39 is 6.04 Å². The fourth-order valence-electron chi connectivity index (χ4n) is 4.99. The molecule has 11 heteroatoms. The molecule has 0 aromatic carbocycles. The van der Waals surface area contributed by atoms with Crippen LogP contribution in [0.5, 0.6) is 5.88 Å². The van der Waals surface area contributed by atoms with Crippen LogP contribution in [0.15, 0.2) is 30.7 Å². The third-order valence-corrected chi connectivity index (χ3v) is 7.07. The largest absolute Gasteiger partial charge is 0.469 e. The lowest BCUT2D eigenvalue weighted by atomic mass is 9.92. The number of pyridine rings is 1. The smallest absolute Gasteiger partial charge is 0.245 e. The van der Waals surface area contributed by atoms with Crippen molar-refractivity contribution in [3.8, 4) is 5.88 Å². The molecule has 5 rings (SSSR count). The first kappa shape index (κ1) is 25.7. The number of carbonyl (C=O) groups is 3. The van der Waals surface area contributed by atoms with E-state index in [0.29, 0.717) is 41.5 Å². The summed E-state index contributed by atoms with van der Waals surface area (Å²) in [7, 11) is 0. The highest BCUT2D eigenvalue weighted by molar-refractivity contribution is 6.05. The molecule has 0 unspecified atom stereocenters. The number of nitrogens with zero attached hydrogens (tertiary/aromatic N) is 6. The van der Waals surface area contributed by atoms with Crippen LogP contribution in [0.1, 0.15) is 63.3 Å². The van der Waals surface area contributed by atoms with Crippen molar-refractivity contribution in [1.82, 2.24) is 34.9 Å². The SMILES string of the molecule is CC(=O)c1nn(CC(=O)N2[C@@H]3C[C@@H]3C[C@H]2C(=O)NCCC(C)(C)C)c2cnc(OCc3ncccn3)cc12. The molecule has 0 radical (unpaired) electrons. The summed E-state index contributed by atoms with van der Waals surface area (Å²) in [5.41, 5.74) is 0.896. The van der Waals surface area contributed by atoms with Gasteiger partial charge in [-0.3, -0.25) is 19.1 Å². The second kappa shape index (κ2) is 10.1. The van der Waals surface area contributed by atoms with Crippen molar-refractivity contribution in [2.45, 2.75) is 72.2 Å². The third kappa shape index (κ3) is 5.51. The molecule has 11 nitrogen and oxygen atoms in total. The van der Waals surface area contributed by atoms with Gasteiger partial charge in [0.1, 0.15) is 24.9 Å². The minimum atomic E-state index is -0.473. The topological polar surface area (TPSA) is 132 Å². The Bertz CT molecular complexity index is 1360. The monoisotopic (exact) mass is 519 g/mol.